The van der Waals surface area contributed by atoms with Crippen molar-refractivity contribution < 1.29 is 9.59 Å². The summed E-state index contributed by atoms with van der Waals surface area (Å²) in [4.78, 5) is 41.1. The predicted molar refractivity (Wildman–Crippen MR) is 110 cm³/mol. The van der Waals surface area contributed by atoms with E-state index in [9.17, 15) is 9.59 Å². The highest BCUT2D eigenvalue weighted by molar-refractivity contribution is 6.02. The molecule has 1 aliphatic heterocycles. The van der Waals surface area contributed by atoms with Gasteiger partial charge in [0, 0.05) is 50.2 Å². The molecule has 2 aromatic heterocycles. The number of pyridine rings is 1. The van der Waals surface area contributed by atoms with Crippen LogP contribution in [0.5, 0.6) is 0 Å². The van der Waals surface area contributed by atoms with Crippen LogP contribution < -0.4 is 15.5 Å². The Kier molecular flexibility index (Phi) is 5.46. The van der Waals surface area contributed by atoms with E-state index in [2.05, 4.69) is 25.6 Å². The average Bonchev–Trinajstić information content (AvgIpc) is 2.78. The Hall–Kier alpha value is -3.75. The molecule has 1 aliphatic rings. The lowest BCUT2D eigenvalue weighted by atomic mass is 10.2. The van der Waals surface area contributed by atoms with Gasteiger partial charge in [0.25, 0.3) is 0 Å². The molecule has 0 bridgehead atoms. The highest BCUT2D eigenvalue weighted by Crippen LogP contribution is 2.21. The Balaban J connectivity index is 1.27. The third-order valence-corrected chi connectivity index (χ3v) is 4.72. The number of carbonyl (C=O) groups excluding carboxylic acids is 2. The van der Waals surface area contributed by atoms with E-state index < -0.39 is 0 Å². The lowest BCUT2D eigenvalue weighted by Gasteiger charge is -2.34. The number of aromatic nitrogens is 3. The van der Waals surface area contributed by atoms with E-state index in [0.29, 0.717) is 37.8 Å². The smallest absolute Gasteiger partial charge is 0.317 e. The largest absolute Gasteiger partial charge is 0.337 e. The summed E-state index contributed by atoms with van der Waals surface area (Å²) in [5, 5.41) is 6.37. The van der Waals surface area contributed by atoms with Crippen molar-refractivity contribution >= 4 is 34.5 Å². The standard InChI is InChI=1S/C20H21N7O2/c28-18(25-17-6-1-5-16-15(17)4-2-7-21-16)14-24-20(29)27-12-10-26(11-13-27)19-22-8-3-9-23-19/h1-9H,10-14H2,(H,24,29)(H,25,28). The summed E-state index contributed by atoms with van der Waals surface area (Å²) < 4.78 is 0. The first-order valence-corrected chi connectivity index (χ1v) is 9.39. The lowest BCUT2D eigenvalue weighted by Crippen LogP contribution is -2.53. The molecule has 0 unspecified atom stereocenters. The molecular formula is C20H21N7O2. The minimum atomic E-state index is -0.286. The van der Waals surface area contributed by atoms with Crippen molar-refractivity contribution in [2.24, 2.45) is 0 Å². The Morgan fingerprint density at radius 2 is 1.66 bits per heavy atom. The minimum Gasteiger partial charge on any atom is -0.337 e. The number of fused-ring (bicyclic) bond motifs is 1. The molecule has 1 aromatic carbocycles. The molecule has 0 spiro atoms. The molecule has 148 valence electrons. The topological polar surface area (TPSA) is 103 Å². The normalized spacial score (nSPS) is 13.9. The van der Waals surface area contributed by atoms with Crippen molar-refractivity contribution in [3.63, 3.8) is 0 Å². The number of anilines is 2. The van der Waals surface area contributed by atoms with Crippen LogP contribution in [0, 0.1) is 0 Å². The van der Waals surface area contributed by atoms with Crippen LogP contribution >= 0.6 is 0 Å². The van der Waals surface area contributed by atoms with E-state index >= 15 is 0 Å². The van der Waals surface area contributed by atoms with Gasteiger partial charge in [-0.05, 0) is 30.3 Å². The van der Waals surface area contributed by atoms with Gasteiger partial charge in [-0.3, -0.25) is 9.78 Å². The van der Waals surface area contributed by atoms with Crippen LogP contribution in [-0.2, 0) is 4.79 Å². The van der Waals surface area contributed by atoms with E-state index in [1.54, 1.807) is 29.6 Å². The van der Waals surface area contributed by atoms with E-state index in [4.69, 9.17) is 0 Å². The van der Waals surface area contributed by atoms with Crippen molar-refractivity contribution in [1.82, 2.24) is 25.2 Å². The molecule has 9 heteroatoms. The molecule has 9 nitrogen and oxygen atoms in total. The van der Waals surface area contributed by atoms with E-state index in [-0.39, 0.29) is 18.5 Å². The first-order valence-electron chi connectivity index (χ1n) is 9.39. The summed E-state index contributed by atoms with van der Waals surface area (Å²) in [7, 11) is 0. The van der Waals surface area contributed by atoms with Gasteiger partial charge in [0.2, 0.25) is 11.9 Å². The highest BCUT2D eigenvalue weighted by atomic mass is 16.2. The van der Waals surface area contributed by atoms with Gasteiger partial charge in [0.1, 0.15) is 0 Å². The molecule has 3 aromatic rings. The SMILES string of the molecule is O=C(CNC(=O)N1CCN(c2ncccn2)CC1)Nc1cccc2ncccc12. The van der Waals surface area contributed by atoms with E-state index in [0.717, 1.165) is 10.9 Å². The van der Waals surface area contributed by atoms with Gasteiger partial charge in [-0.2, -0.15) is 0 Å². The summed E-state index contributed by atoms with van der Waals surface area (Å²) >= 11 is 0. The van der Waals surface area contributed by atoms with Crippen molar-refractivity contribution in [1.29, 1.82) is 0 Å². The Bertz CT molecular complexity index is 999. The Labute approximate surface area is 167 Å². The number of nitrogens with zero attached hydrogens (tertiary/aromatic N) is 5. The number of piperazine rings is 1. The zero-order valence-electron chi connectivity index (χ0n) is 15.8. The Morgan fingerprint density at radius 1 is 0.897 bits per heavy atom. The monoisotopic (exact) mass is 391 g/mol. The van der Waals surface area contributed by atoms with Gasteiger partial charge >= 0.3 is 6.03 Å². The van der Waals surface area contributed by atoms with Crippen molar-refractivity contribution in [2.75, 3.05) is 42.9 Å². The number of rotatable bonds is 4. The summed E-state index contributed by atoms with van der Waals surface area (Å²) in [6.45, 7) is 2.28. The van der Waals surface area contributed by atoms with Gasteiger partial charge in [-0.15, -0.1) is 0 Å². The second-order valence-corrected chi connectivity index (χ2v) is 6.61. The van der Waals surface area contributed by atoms with E-state index in [1.807, 2.05) is 35.2 Å². The summed E-state index contributed by atoms with van der Waals surface area (Å²) in [6.07, 6.45) is 5.11. The molecule has 29 heavy (non-hydrogen) atoms. The average molecular weight is 391 g/mol. The number of carbonyl (C=O) groups is 2. The van der Waals surface area contributed by atoms with Crippen molar-refractivity contribution in [3.8, 4) is 0 Å². The number of amides is 3. The van der Waals surface area contributed by atoms with Crippen LogP contribution in [0.4, 0.5) is 16.4 Å². The van der Waals surface area contributed by atoms with Crippen LogP contribution in [0.3, 0.4) is 0 Å². The van der Waals surface area contributed by atoms with Crippen LogP contribution in [-0.4, -0.2) is 64.5 Å². The number of nitrogens with one attached hydrogen (secondary N) is 2. The molecule has 3 heterocycles. The highest BCUT2D eigenvalue weighted by Gasteiger charge is 2.22. The molecule has 2 N–H and O–H groups in total. The van der Waals surface area contributed by atoms with Gasteiger partial charge < -0.3 is 20.4 Å². The third kappa shape index (κ3) is 4.40. The van der Waals surface area contributed by atoms with Crippen LogP contribution in [0.15, 0.2) is 55.0 Å². The maximum atomic E-state index is 12.4. The van der Waals surface area contributed by atoms with E-state index in [1.165, 1.54) is 0 Å². The number of urea groups is 1. The molecule has 0 aliphatic carbocycles. The molecule has 1 saturated heterocycles. The molecule has 0 atom stereocenters. The van der Waals surface area contributed by atoms with Crippen LogP contribution in [0.1, 0.15) is 0 Å². The van der Waals surface area contributed by atoms with Gasteiger partial charge in [-0.1, -0.05) is 6.07 Å². The summed E-state index contributed by atoms with van der Waals surface area (Å²) in [5.74, 6) is 0.377. The zero-order valence-corrected chi connectivity index (χ0v) is 15.8. The predicted octanol–water partition coefficient (Wildman–Crippen LogP) is 1.50. The fourth-order valence-electron chi connectivity index (χ4n) is 3.24. The van der Waals surface area contributed by atoms with Gasteiger partial charge in [0.05, 0.1) is 17.7 Å². The fourth-order valence-corrected chi connectivity index (χ4v) is 3.24. The summed E-state index contributed by atoms with van der Waals surface area (Å²) in [5.41, 5.74) is 1.47. The van der Waals surface area contributed by atoms with Crippen molar-refractivity contribution in [3.05, 3.63) is 55.0 Å². The summed E-state index contributed by atoms with van der Waals surface area (Å²) in [6, 6.07) is 10.8. The van der Waals surface area contributed by atoms with Crippen molar-refractivity contribution in [2.45, 2.75) is 0 Å². The first-order chi connectivity index (χ1) is 14.2. The molecule has 0 saturated carbocycles. The van der Waals surface area contributed by atoms with Crippen LogP contribution in [0.25, 0.3) is 10.9 Å². The minimum absolute atomic E-state index is 0.0997. The zero-order chi connectivity index (χ0) is 20.1. The Morgan fingerprint density at radius 3 is 2.45 bits per heavy atom. The molecule has 3 amide bonds. The first kappa shape index (κ1) is 18.6. The molecule has 1 fully saturated rings. The number of hydrogen-bond donors (Lipinski definition) is 2. The lowest BCUT2D eigenvalue weighted by molar-refractivity contribution is -0.115. The van der Waals surface area contributed by atoms with Crippen LogP contribution in [0.2, 0.25) is 0 Å². The second-order valence-electron chi connectivity index (χ2n) is 6.61. The second kappa shape index (κ2) is 8.51. The number of hydrogen-bond acceptors (Lipinski definition) is 6. The third-order valence-electron chi connectivity index (χ3n) is 4.72. The van der Waals surface area contributed by atoms with Gasteiger partial charge in [0.15, 0.2) is 0 Å². The maximum absolute atomic E-state index is 12.4. The molecule has 0 radical (unpaired) electrons. The quantitative estimate of drug-likeness (QED) is 0.699. The molecular weight excluding hydrogens is 370 g/mol. The fraction of sp³-hybridized carbons (Fsp3) is 0.250. The molecule has 4 rings (SSSR count). The maximum Gasteiger partial charge on any atom is 0.317 e. The number of benzene rings is 1. The van der Waals surface area contributed by atoms with Gasteiger partial charge in [-0.25, -0.2) is 14.8 Å².